The molecule has 1 aliphatic heterocycles. The molecule has 0 spiro atoms. The molecule has 1 N–H and O–H groups in total. The molecule has 0 radical (unpaired) electrons. The summed E-state index contributed by atoms with van der Waals surface area (Å²) in [7, 11) is 0. The average Bonchev–Trinajstić information content (AvgIpc) is 2.59. The molecule has 1 unspecified atom stereocenters. The molecule has 1 aromatic carbocycles. The lowest BCUT2D eigenvalue weighted by Crippen LogP contribution is -2.39. The summed E-state index contributed by atoms with van der Waals surface area (Å²) in [6, 6.07) is 3.92. The molecule has 2 aliphatic rings. The molecule has 154 valence electrons. The van der Waals surface area contributed by atoms with Gasteiger partial charge >= 0.3 is 11.7 Å². The minimum atomic E-state index is -0.834. The van der Waals surface area contributed by atoms with E-state index < -0.39 is 34.2 Å². The van der Waals surface area contributed by atoms with E-state index in [1.807, 2.05) is 13.8 Å². The van der Waals surface area contributed by atoms with Gasteiger partial charge in [-0.2, -0.15) is 0 Å². The molecule has 1 aromatic rings. The van der Waals surface area contributed by atoms with Crippen molar-refractivity contribution >= 4 is 23.2 Å². The summed E-state index contributed by atoms with van der Waals surface area (Å²) in [5.74, 6) is -2.68. The van der Waals surface area contributed by atoms with Gasteiger partial charge in [-0.15, -0.1) is 0 Å². The van der Waals surface area contributed by atoms with Crippen LogP contribution in [0.3, 0.4) is 0 Å². The van der Waals surface area contributed by atoms with Gasteiger partial charge in [-0.3, -0.25) is 24.7 Å². The number of aromatic hydroxyl groups is 1. The predicted octanol–water partition coefficient (Wildman–Crippen LogP) is 3.68. The smallest absolute Gasteiger partial charge is 0.315 e. The molecule has 2 atom stereocenters. The van der Waals surface area contributed by atoms with Gasteiger partial charge in [0.15, 0.2) is 11.5 Å². The molecule has 0 fully saturated rings. The maximum atomic E-state index is 13.1. The van der Waals surface area contributed by atoms with E-state index in [1.165, 1.54) is 18.2 Å². The summed E-state index contributed by atoms with van der Waals surface area (Å²) in [5, 5.41) is 21.2. The molecule has 8 heteroatoms. The van der Waals surface area contributed by atoms with Gasteiger partial charge in [-0.1, -0.05) is 19.9 Å². The third kappa shape index (κ3) is 3.79. The second-order valence-corrected chi connectivity index (χ2v) is 8.27. The summed E-state index contributed by atoms with van der Waals surface area (Å²) in [6.07, 6.45) is 0.891. The van der Waals surface area contributed by atoms with Crippen molar-refractivity contribution in [3.05, 3.63) is 45.1 Å². The summed E-state index contributed by atoms with van der Waals surface area (Å²) in [5.41, 5.74) is 1.34. The van der Waals surface area contributed by atoms with Crippen LogP contribution in [0.1, 0.15) is 52.0 Å². The van der Waals surface area contributed by atoms with Crippen molar-refractivity contribution in [1.29, 1.82) is 0 Å². The Hall–Kier alpha value is -3.03. The van der Waals surface area contributed by atoms with Crippen LogP contribution in [0.4, 0.5) is 5.69 Å². The first-order valence-electron chi connectivity index (χ1n) is 9.51. The average molecular weight is 400 g/mol. The summed E-state index contributed by atoms with van der Waals surface area (Å²) in [6.45, 7) is 7.57. The number of nitro groups is 1. The highest BCUT2D eigenvalue weighted by Gasteiger charge is 2.46. The van der Waals surface area contributed by atoms with Gasteiger partial charge in [0.1, 0.15) is 5.92 Å². The van der Waals surface area contributed by atoms with Crippen LogP contribution in [0, 0.1) is 21.4 Å². The minimum Gasteiger partial charge on any atom is -0.502 e. The Morgan fingerprint density at radius 2 is 2.07 bits per heavy atom. The zero-order chi connectivity index (χ0) is 21.5. The zero-order valence-electron chi connectivity index (χ0n) is 16.9. The van der Waals surface area contributed by atoms with Crippen molar-refractivity contribution in [2.45, 2.75) is 46.5 Å². The van der Waals surface area contributed by atoms with E-state index in [0.29, 0.717) is 35.4 Å². The molecule has 0 bridgehead atoms. The van der Waals surface area contributed by atoms with Gasteiger partial charge in [-0.05, 0) is 37.3 Å². The van der Waals surface area contributed by atoms with E-state index in [1.54, 1.807) is 13.8 Å². The number of hydrogen-bond acceptors (Lipinski definition) is 7. The highest BCUT2D eigenvalue weighted by Crippen LogP contribution is 2.48. The fourth-order valence-corrected chi connectivity index (χ4v) is 4.23. The third-order valence-corrected chi connectivity index (χ3v) is 5.40. The van der Waals surface area contributed by atoms with Gasteiger partial charge in [0.05, 0.1) is 11.5 Å². The molecular weight excluding hydrogens is 376 g/mol. The Balaban J connectivity index is 2.19. The van der Waals surface area contributed by atoms with Crippen LogP contribution in [0.5, 0.6) is 5.75 Å². The molecule has 0 aromatic heterocycles. The first-order valence-corrected chi connectivity index (χ1v) is 9.51. The standard InChI is InChI=1S/C21H24N2O6/c1-5-29-20(26)17-11(2)22-13-9-21(3,4)10-16(25)19(13)18(17)12-6-7-14(23(27)28)15(24)8-12/h6-8,17-18,24H,5,9-10H2,1-4H3/t17?,18-/m0/s1. The van der Waals surface area contributed by atoms with E-state index in [0.717, 1.165) is 0 Å². The SMILES string of the molecule is CCOC(=O)C1C(C)=NC2=C(C(=O)CC(C)(C)C2)[C@H]1c1ccc([N+](=O)[O-])c(O)c1. The second-order valence-electron chi connectivity index (χ2n) is 8.27. The van der Waals surface area contributed by atoms with Crippen molar-refractivity contribution in [2.75, 3.05) is 6.61 Å². The number of phenols is 1. The fraction of sp³-hybridized carbons (Fsp3) is 0.476. The lowest BCUT2D eigenvalue weighted by atomic mass is 9.67. The van der Waals surface area contributed by atoms with Gasteiger partial charge < -0.3 is 9.84 Å². The Kier molecular flexibility index (Phi) is 5.30. The van der Waals surface area contributed by atoms with Crippen LogP contribution in [0.2, 0.25) is 0 Å². The van der Waals surface area contributed by atoms with Crippen molar-refractivity contribution < 1.29 is 24.4 Å². The number of benzene rings is 1. The van der Waals surface area contributed by atoms with E-state index in [2.05, 4.69) is 4.99 Å². The Labute approximate surface area is 168 Å². The van der Waals surface area contributed by atoms with Gasteiger partial charge in [-0.25, -0.2) is 0 Å². The van der Waals surface area contributed by atoms with E-state index in [9.17, 15) is 24.8 Å². The highest BCUT2D eigenvalue weighted by atomic mass is 16.6. The lowest BCUT2D eigenvalue weighted by Gasteiger charge is -2.38. The normalized spacial score (nSPS) is 23.3. The fourth-order valence-electron chi connectivity index (χ4n) is 4.23. The van der Waals surface area contributed by atoms with Crippen molar-refractivity contribution in [2.24, 2.45) is 16.3 Å². The predicted molar refractivity (Wildman–Crippen MR) is 106 cm³/mol. The molecular formula is C21H24N2O6. The van der Waals surface area contributed by atoms with E-state index >= 15 is 0 Å². The topological polar surface area (TPSA) is 119 Å². The van der Waals surface area contributed by atoms with E-state index in [-0.39, 0.29) is 17.8 Å². The lowest BCUT2D eigenvalue weighted by molar-refractivity contribution is -0.385. The monoisotopic (exact) mass is 400 g/mol. The maximum Gasteiger partial charge on any atom is 0.315 e. The number of allylic oxidation sites excluding steroid dienone is 2. The number of Topliss-reactive ketones (excluding diaryl/α,β-unsaturated/α-hetero) is 1. The highest BCUT2D eigenvalue weighted by molar-refractivity contribution is 6.09. The van der Waals surface area contributed by atoms with E-state index in [4.69, 9.17) is 4.74 Å². The first kappa shape index (κ1) is 20.7. The number of carbonyl (C=O) groups excluding carboxylic acids is 2. The van der Waals surface area contributed by atoms with Crippen LogP contribution < -0.4 is 0 Å². The third-order valence-electron chi connectivity index (χ3n) is 5.40. The number of ketones is 1. The molecule has 0 amide bonds. The number of esters is 1. The van der Waals surface area contributed by atoms with Crippen molar-refractivity contribution in [3.8, 4) is 5.75 Å². The number of ether oxygens (including phenoxy) is 1. The molecule has 3 rings (SSSR count). The molecule has 0 saturated carbocycles. The summed E-state index contributed by atoms with van der Waals surface area (Å²) < 4.78 is 5.23. The Morgan fingerprint density at radius 1 is 1.38 bits per heavy atom. The number of phenolic OH excluding ortho intramolecular Hbond substituents is 1. The van der Waals surface area contributed by atoms with Gasteiger partial charge in [0, 0.05) is 35.4 Å². The number of nitrogens with zero attached hydrogens (tertiary/aromatic N) is 2. The van der Waals surface area contributed by atoms with Crippen molar-refractivity contribution in [1.82, 2.24) is 0 Å². The number of aliphatic imine (C=N–C) groups is 1. The van der Waals surface area contributed by atoms with Gasteiger partial charge in [0.2, 0.25) is 0 Å². The number of carbonyl (C=O) groups is 2. The molecule has 0 saturated heterocycles. The Morgan fingerprint density at radius 3 is 2.66 bits per heavy atom. The molecule has 1 heterocycles. The van der Waals surface area contributed by atoms with Crippen LogP contribution in [0.25, 0.3) is 0 Å². The zero-order valence-corrected chi connectivity index (χ0v) is 16.9. The van der Waals surface area contributed by atoms with Crippen molar-refractivity contribution in [3.63, 3.8) is 0 Å². The largest absolute Gasteiger partial charge is 0.502 e. The first-order chi connectivity index (χ1) is 13.6. The molecule has 29 heavy (non-hydrogen) atoms. The van der Waals surface area contributed by atoms with Gasteiger partial charge in [0.25, 0.3) is 0 Å². The number of nitro benzene ring substituents is 1. The van der Waals surface area contributed by atoms with Crippen LogP contribution >= 0.6 is 0 Å². The number of hydrogen-bond donors (Lipinski definition) is 1. The summed E-state index contributed by atoms with van der Waals surface area (Å²) >= 11 is 0. The molecule has 1 aliphatic carbocycles. The van der Waals surface area contributed by atoms with Crippen LogP contribution in [-0.4, -0.2) is 34.1 Å². The quantitative estimate of drug-likeness (QED) is 0.468. The van der Waals surface area contributed by atoms with Crippen LogP contribution in [0.15, 0.2) is 34.5 Å². The Bertz CT molecular complexity index is 960. The maximum absolute atomic E-state index is 13.1. The second kappa shape index (κ2) is 7.42. The van der Waals surface area contributed by atoms with Crippen LogP contribution in [-0.2, 0) is 14.3 Å². The number of rotatable bonds is 4. The minimum absolute atomic E-state index is 0.107. The summed E-state index contributed by atoms with van der Waals surface area (Å²) in [4.78, 5) is 40.8. The molecule has 8 nitrogen and oxygen atoms in total.